The van der Waals surface area contributed by atoms with Gasteiger partial charge in [-0.1, -0.05) is 50.3 Å². The lowest BCUT2D eigenvalue weighted by molar-refractivity contribution is 0.250. The molecule has 1 aliphatic heterocycles. The first-order chi connectivity index (χ1) is 9.27. The van der Waals surface area contributed by atoms with Crippen LogP contribution >= 0.6 is 0 Å². The number of nitrogens with two attached hydrogens (primary N) is 1. The van der Waals surface area contributed by atoms with Gasteiger partial charge in [0.15, 0.2) is 0 Å². The summed E-state index contributed by atoms with van der Waals surface area (Å²) in [6.07, 6.45) is 10.2. The fourth-order valence-corrected chi connectivity index (χ4v) is 3.70. The zero-order chi connectivity index (χ0) is 13.1. The van der Waals surface area contributed by atoms with Gasteiger partial charge in [0.25, 0.3) is 0 Å². The van der Waals surface area contributed by atoms with E-state index in [1.807, 2.05) is 0 Å². The van der Waals surface area contributed by atoms with Gasteiger partial charge >= 0.3 is 0 Å². The van der Waals surface area contributed by atoms with Crippen molar-refractivity contribution in [3.63, 3.8) is 0 Å². The van der Waals surface area contributed by atoms with E-state index in [0.717, 1.165) is 18.8 Å². The number of hydrogen-bond acceptors (Lipinski definition) is 2. The van der Waals surface area contributed by atoms with Crippen LogP contribution in [0, 0.1) is 0 Å². The molecule has 104 valence electrons. The van der Waals surface area contributed by atoms with Gasteiger partial charge in [-0.15, -0.1) is 0 Å². The molecule has 1 heterocycles. The highest BCUT2D eigenvalue weighted by Crippen LogP contribution is 2.40. The van der Waals surface area contributed by atoms with Crippen LogP contribution in [0.4, 0.5) is 0 Å². The Labute approximate surface area is 116 Å². The van der Waals surface area contributed by atoms with E-state index in [4.69, 9.17) is 10.5 Å². The van der Waals surface area contributed by atoms with E-state index in [9.17, 15) is 0 Å². The van der Waals surface area contributed by atoms with Crippen LogP contribution in [0.25, 0.3) is 0 Å². The van der Waals surface area contributed by atoms with Gasteiger partial charge in [0.05, 0.1) is 6.61 Å². The van der Waals surface area contributed by atoms with Crippen molar-refractivity contribution < 1.29 is 4.74 Å². The molecule has 3 rings (SSSR count). The third kappa shape index (κ3) is 2.94. The topological polar surface area (TPSA) is 35.2 Å². The van der Waals surface area contributed by atoms with Gasteiger partial charge in [-0.2, -0.15) is 0 Å². The fourth-order valence-electron chi connectivity index (χ4n) is 3.70. The average Bonchev–Trinajstić information content (AvgIpc) is 2.78. The van der Waals surface area contributed by atoms with Gasteiger partial charge in [0, 0.05) is 17.0 Å². The minimum Gasteiger partial charge on any atom is -0.493 e. The van der Waals surface area contributed by atoms with Crippen LogP contribution < -0.4 is 10.5 Å². The number of fused-ring (bicyclic) bond motifs is 1. The second kappa shape index (κ2) is 5.54. The molecule has 0 amide bonds. The van der Waals surface area contributed by atoms with Gasteiger partial charge in [-0.25, -0.2) is 0 Å². The Morgan fingerprint density at radius 2 is 1.74 bits per heavy atom. The second-order valence-electron chi connectivity index (χ2n) is 6.38. The van der Waals surface area contributed by atoms with E-state index in [-0.39, 0.29) is 5.54 Å². The standard InChI is InChI=1S/C17H25NO/c18-17(10-6-2-1-3-7-11-17)12-14-13-19-16-9-5-4-8-15(14)16/h4-5,8-9,14H,1-3,6-7,10-13,18H2. The van der Waals surface area contributed by atoms with Crippen LogP contribution in [0.2, 0.25) is 0 Å². The molecule has 0 radical (unpaired) electrons. The molecular formula is C17H25NO. The van der Waals surface area contributed by atoms with Crippen molar-refractivity contribution >= 4 is 0 Å². The summed E-state index contributed by atoms with van der Waals surface area (Å²) in [5.74, 6) is 1.57. The van der Waals surface area contributed by atoms with Gasteiger partial charge in [0.2, 0.25) is 0 Å². The summed E-state index contributed by atoms with van der Waals surface area (Å²) >= 11 is 0. The van der Waals surface area contributed by atoms with Crippen LogP contribution in [0.3, 0.4) is 0 Å². The van der Waals surface area contributed by atoms with E-state index >= 15 is 0 Å². The molecule has 0 saturated heterocycles. The summed E-state index contributed by atoms with van der Waals surface area (Å²) in [7, 11) is 0. The molecule has 2 heteroatoms. The van der Waals surface area contributed by atoms with Crippen molar-refractivity contribution in [2.45, 2.75) is 62.8 Å². The molecule has 0 spiro atoms. The van der Waals surface area contributed by atoms with Gasteiger partial charge < -0.3 is 10.5 Å². The predicted molar refractivity (Wildman–Crippen MR) is 78.5 cm³/mol. The number of hydrogen-bond donors (Lipinski definition) is 1. The zero-order valence-corrected chi connectivity index (χ0v) is 11.7. The molecular weight excluding hydrogens is 234 g/mol. The normalized spacial score (nSPS) is 26.1. The SMILES string of the molecule is NC1(CC2COc3ccccc32)CCCCCCC1. The van der Waals surface area contributed by atoms with Crippen molar-refractivity contribution in [1.82, 2.24) is 0 Å². The highest BCUT2D eigenvalue weighted by Gasteiger charge is 2.33. The maximum absolute atomic E-state index is 6.71. The molecule has 0 aromatic heterocycles. The Balaban J connectivity index is 1.70. The van der Waals surface area contributed by atoms with E-state index in [0.29, 0.717) is 5.92 Å². The Bertz CT molecular complexity index is 421. The van der Waals surface area contributed by atoms with Crippen molar-refractivity contribution in [2.75, 3.05) is 6.61 Å². The summed E-state index contributed by atoms with van der Waals surface area (Å²) in [5.41, 5.74) is 8.11. The van der Waals surface area contributed by atoms with Crippen molar-refractivity contribution in [3.8, 4) is 5.75 Å². The lowest BCUT2D eigenvalue weighted by atomic mass is 9.77. The van der Waals surface area contributed by atoms with Crippen LogP contribution in [0.15, 0.2) is 24.3 Å². The molecule has 2 aliphatic rings. The minimum absolute atomic E-state index is 0.0336. The number of ether oxygens (including phenoxy) is 1. The average molecular weight is 259 g/mol. The predicted octanol–water partition coefficient (Wildman–Crippen LogP) is 3.99. The van der Waals surface area contributed by atoms with Crippen LogP contribution in [-0.2, 0) is 0 Å². The molecule has 2 N–H and O–H groups in total. The third-order valence-electron chi connectivity index (χ3n) is 4.80. The number of para-hydroxylation sites is 1. The monoisotopic (exact) mass is 259 g/mol. The second-order valence-corrected chi connectivity index (χ2v) is 6.38. The van der Waals surface area contributed by atoms with Crippen LogP contribution in [-0.4, -0.2) is 12.1 Å². The molecule has 1 aliphatic carbocycles. The largest absolute Gasteiger partial charge is 0.493 e. The molecule has 1 saturated carbocycles. The van der Waals surface area contributed by atoms with Gasteiger partial charge in [0.1, 0.15) is 5.75 Å². The molecule has 1 atom stereocenters. The summed E-state index contributed by atoms with van der Waals surface area (Å²) in [5, 5.41) is 0. The first-order valence-corrected chi connectivity index (χ1v) is 7.77. The first-order valence-electron chi connectivity index (χ1n) is 7.77. The van der Waals surface area contributed by atoms with Crippen molar-refractivity contribution in [2.24, 2.45) is 5.73 Å². The lowest BCUT2D eigenvalue weighted by Crippen LogP contribution is -2.42. The van der Waals surface area contributed by atoms with Crippen LogP contribution in [0.1, 0.15) is 62.8 Å². The summed E-state index contributed by atoms with van der Waals surface area (Å²) < 4.78 is 5.80. The zero-order valence-electron chi connectivity index (χ0n) is 11.7. The Morgan fingerprint density at radius 3 is 2.53 bits per heavy atom. The summed E-state index contributed by atoms with van der Waals surface area (Å²) in [6.45, 7) is 0.818. The fraction of sp³-hybridized carbons (Fsp3) is 0.647. The molecule has 2 nitrogen and oxygen atoms in total. The Kier molecular flexibility index (Phi) is 3.79. The van der Waals surface area contributed by atoms with E-state index < -0.39 is 0 Å². The minimum atomic E-state index is 0.0336. The maximum Gasteiger partial charge on any atom is 0.122 e. The molecule has 1 fully saturated rings. The van der Waals surface area contributed by atoms with Gasteiger partial charge in [-0.3, -0.25) is 0 Å². The Hall–Kier alpha value is -1.02. The highest BCUT2D eigenvalue weighted by molar-refractivity contribution is 5.39. The molecule has 19 heavy (non-hydrogen) atoms. The van der Waals surface area contributed by atoms with E-state index in [1.54, 1.807) is 0 Å². The van der Waals surface area contributed by atoms with E-state index in [1.165, 1.54) is 50.5 Å². The third-order valence-corrected chi connectivity index (χ3v) is 4.80. The smallest absolute Gasteiger partial charge is 0.122 e. The molecule has 1 unspecified atom stereocenters. The van der Waals surface area contributed by atoms with Crippen molar-refractivity contribution in [1.29, 1.82) is 0 Å². The van der Waals surface area contributed by atoms with E-state index in [2.05, 4.69) is 24.3 Å². The lowest BCUT2D eigenvalue weighted by Gasteiger charge is -2.33. The molecule has 1 aromatic carbocycles. The Morgan fingerprint density at radius 1 is 1.05 bits per heavy atom. The number of rotatable bonds is 2. The van der Waals surface area contributed by atoms with Crippen molar-refractivity contribution in [3.05, 3.63) is 29.8 Å². The maximum atomic E-state index is 6.71. The molecule has 1 aromatic rings. The van der Waals surface area contributed by atoms with Crippen LogP contribution in [0.5, 0.6) is 5.75 Å². The number of benzene rings is 1. The highest BCUT2D eigenvalue weighted by atomic mass is 16.5. The molecule has 0 bridgehead atoms. The van der Waals surface area contributed by atoms with Gasteiger partial charge in [-0.05, 0) is 25.3 Å². The summed E-state index contributed by atoms with van der Waals surface area (Å²) in [6, 6.07) is 8.45. The summed E-state index contributed by atoms with van der Waals surface area (Å²) in [4.78, 5) is 0. The quantitative estimate of drug-likeness (QED) is 0.871. The first kappa shape index (κ1) is 13.0.